The molecule has 0 saturated heterocycles. The molecule has 0 bridgehead atoms. The molecule has 0 atom stereocenters. The Balaban J connectivity index is 2.21. The second-order valence-corrected chi connectivity index (χ2v) is 7.29. The van der Waals surface area contributed by atoms with Crippen LogP contribution in [0.4, 0.5) is 5.69 Å². The van der Waals surface area contributed by atoms with Crippen molar-refractivity contribution in [3.63, 3.8) is 0 Å². The molecule has 0 unspecified atom stereocenters. The number of rotatable bonds is 5. The van der Waals surface area contributed by atoms with Crippen molar-refractivity contribution >= 4 is 27.3 Å². The van der Waals surface area contributed by atoms with Crippen molar-refractivity contribution in [1.29, 1.82) is 0 Å². The van der Waals surface area contributed by atoms with Crippen LogP contribution in [0.15, 0.2) is 47.4 Å². The molecule has 0 amide bonds. The summed E-state index contributed by atoms with van der Waals surface area (Å²) < 4.78 is 32.8. The Morgan fingerprint density at radius 2 is 1.73 bits per heavy atom. The number of nitrogens with one attached hydrogen (secondary N) is 1. The van der Waals surface area contributed by atoms with Crippen molar-refractivity contribution in [1.82, 2.24) is 0 Å². The molecular formula is C16H18ClNO3S. The number of aryl methyl sites for hydroxylation is 1. The van der Waals surface area contributed by atoms with Crippen LogP contribution in [-0.4, -0.2) is 14.5 Å². The van der Waals surface area contributed by atoms with Gasteiger partial charge in [0.05, 0.1) is 11.1 Å². The van der Waals surface area contributed by atoms with Crippen LogP contribution in [0.1, 0.15) is 19.4 Å². The van der Waals surface area contributed by atoms with Crippen LogP contribution in [0, 0.1) is 6.92 Å². The van der Waals surface area contributed by atoms with E-state index in [9.17, 15) is 8.42 Å². The molecule has 22 heavy (non-hydrogen) atoms. The van der Waals surface area contributed by atoms with Gasteiger partial charge in [-0.25, -0.2) is 8.42 Å². The second-order valence-electron chi connectivity index (χ2n) is 5.23. The van der Waals surface area contributed by atoms with E-state index in [1.54, 1.807) is 36.4 Å². The number of ether oxygens (including phenoxy) is 1. The lowest BCUT2D eigenvalue weighted by atomic mass is 10.2. The first-order chi connectivity index (χ1) is 10.3. The summed E-state index contributed by atoms with van der Waals surface area (Å²) in [5.41, 5.74) is 1.35. The van der Waals surface area contributed by atoms with Crippen molar-refractivity contribution in [3.8, 4) is 5.75 Å². The van der Waals surface area contributed by atoms with Crippen molar-refractivity contribution < 1.29 is 13.2 Å². The Bertz CT molecular complexity index is 755. The Kier molecular flexibility index (Phi) is 4.98. The maximum absolute atomic E-state index is 12.4. The van der Waals surface area contributed by atoms with E-state index in [0.29, 0.717) is 11.4 Å². The van der Waals surface area contributed by atoms with Crippen molar-refractivity contribution in [2.45, 2.75) is 31.8 Å². The van der Waals surface area contributed by atoms with Crippen LogP contribution >= 0.6 is 11.6 Å². The maximum atomic E-state index is 12.4. The predicted octanol–water partition coefficient (Wildman–Crippen LogP) is 4.24. The van der Waals surface area contributed by atoms with Crippen LogP contribution in [-0.2, 0) is 10.0 Å². The predicted molar refractivity (Wildman–Crippen MR) is 89.2 cm³/mol. The number of sulfonamides is 1. The molecule has 0 aliphatic carbocycles. The van der Waals surface area contributed by atoms with E-state index in [0.717, 1.165) is 5.56 Å². The van der Waals surface area contributed by atoms with Gasteiger partial charge in [0, 0.05) is 5.69 Å². The van der Waals surface area contributed by atoms with Gasteiger partial charge in [-0.15, -0.1) is 0 Å². The molecule has 118 valence electrons. The molecule has 0 heterocycles. The van der Waals surface area contributed by atoms with Gasteiger partial charge in [-0.05, 0) is 62.7 Å². The first-order valence-electron chi connectivity index (χ1n) is 6.83. The third kappa shape index (κ3) is 4.15. The van der Waals surface area contributed by atoms with E-state index in [1.165, 1.54) is 6.07 Å². The van der Waals surface area contributed by atoms with Gasteiger partial charge in [0.1, 0.15) is 10.6 Å². The molecule has 2 aromatic carbocycles. The summed E-state index contributed by atoms with van der Waals surface area (Å²) >= 11 is 6.02. The minimum atomic E-state index is -3.72. The number of hydrogen-bond donors (Lipinski definition) is 1. The molecule has 0 aliphatic rings. The van der Waals surface area contributed by atoms with Gasteiger partial charge in [0.2, 0.25) is 0 Å². The number of hydrogen-bond acceptors (Lipinski definition) is 3. The Labute approximate surface area is 136 Å². The standard InChI is InChI=1S/C16H18ClNO3S/c1-11(2)21-14-7-5-13(6-8-14)18-22(19,20)16-9-4-12(3)10-15(16)17/h4-11,18H,1-3H3. The summed E-state index contributed by atoms with van der Waals surface area (Å²) in [4.78, 5) is 0.0577. The van der Waals surface area contributed by atoms with Gasteiger partial charge >= 0.3 is 0 Å². The number of anilines is 1. The molecule has 0 spiro atoms. The van der Waals surface area contributed by atoms with Crippen LogP contribution in [0.25, 0.3) is 0 Å². The largest absolute Gasteiger partial charge is 0.491 e. The Morgan fingerprint density at radius 3 is 2.27 bits per heavy atom. The monoisotopic (exact) mass is 339 g/mol. The van der Waals surface area contributed by atoms with Gasteiger partial charge < -0.3 is 4.74 Å². The molecule has 0 aromatic heterocycles. The van der Waals surface area contributed by atoms with Gasteiger partial charge in [-0.2, -0.15) is 0 Å². The summed E-state index contributed by atoms with van der Waals surface area (Å²) in [5.74, 6) is 0.686. The highest BCUT2D eigenvalue weighted by Crippen LogP contribution is 2.25. The number of halogens is 1. The van der Waals surface area contributed by atoms with Crippen LogP contribution in [0.2, 0.25) is 5.02 Å². The fourth-order valence-corrected chi connectivity index (χ4v) is 3.57. The Hall–Kier alpha value is -1.72. The van der Waals surface area contributed by atoms with Crippen molar-refractivity contribution in [3.05, 3.63) is 53.1 Å². The van der Waals surface area contributed by atoms with Gasteiger partial charge in [-0.1, -0.05) is 17.7 Å². The summed E-state index contributed by atoms with van der Waals surface area (Å²) in [7, 11) is -3.72. The molecule has 2 rings (SSSR count). The lowest BCUT2D eigenvalue weighted by Gasteiger charge is -2.12. The third-order valence-electron chi connectivity index (χ3n) is 2.86. The normalized spacial score (nSPS) is 11.5. The quantitative estimate of drug-likeness (QED) is 0.886. The second kappa shape index (κ2) is 6.58. The highest BCUT2D eigenvalue weighted by Gasteiger charge is 2.18. The average Bonchev–Trinajstić information content (AvgIpc) is 2.39. The zero-order valence-corrected chi connectivity index (χ0v) is 14.2. The van der Waals surface area contributed by atoms with Gasteiger partial charge in [-0.3, -0.25) is 4.72 Å². The van der Waals surface area contributed by atoms with Gasteiger partial charge in [0.25, 0.3) is 10.0 Å². The molecule has 0 radical (unpaired) electrons. The van der Waals surface area contributed by atoms with Crippen LogP contribution in [0.5, 0.6) is 5.75 Å². The van der Waals surface area contributed by atoms with Crippen molar-refractivity contribution in [2.24, 2.45) is 0 Å². The third-order valence-corrected chi connectivity index (χ3v) is 4.72. The van der Waals surface area contributed by atoms with E-state index in [4.69, 9.17) is 16.3 Å². The first kappa shape index (κ1) is 16.6. The SMILES string of the molecule is Cc1ccc(S(=O)(=O)Nc2ccc(OC(C)C)cc2)c(Cl)c1. The van der Waals surface area contributed by atoms with E-state index >= 15 is 0 Å². The van der Waals surface area contributed by atoms with Crippen molar-refractivity contribution in [2.75, 3.05) is 4.72 Å². The van der Waals surface area contributed by atoms with Crippen LogP contribution in [0.3, 0.4) is 0 Å². The summed E-state index contributed by atoms with van der Waals surface area (Å²) in [6.07, 6.45) is 0.0638. The fourth-order valence-electron chi connectivity index (χ4n) is 1.91. The molecule has 1 N–H and O–H groups in total. The van der Waals surface area contributed by atoms with E-state index in [2.05, 4.69) is 4.72 Å². The maximum Gasteiger partial charge on any atom is 0.263 e. The fraction of sp³-hybridized carbons (Fsp3) is 0.250. The minimum absolute atomic E-state index is 0.0577. The molecule has 0 fully saturated rings. The zero-order chi connectivity index (χ0) is 16.3. The number of benzene rings is 2. The average molecular weight is 340 g/mol. The first-order valence-corrected chi connectivity index (χ1v) is 8.70. The highest BCUT2D eigenvalue weighted by molar-refractivity contribution is 7.92. The molecule has 0 saturated carbocycles. The molecule has 4 nitrogen and oxygen atoms in total. The zero-order valence-electron chi connectivity index (χ0n) is 12.6. The molecule has 0 aliphatic heterocycles. The lowest BCUT2D eigenvalue weighted by molar-refractivity contribution is 0.242. The summed E-state index contributed by atoms with van der Waals surface area (Å²) in [5, 5.41) is 0.201. The summed E-state index contributed by atoms with van der Waals surface area (Å²) in [6, 6.07) is 11.6. The van der Waals surface area contributed by atoms with E-state index in [1.807, 2.05) is 20.8 Å². The topological polar surface area (TPSA) is 55.4 Å². The Morgan fingerprint density at radius 1 is 1.09 bits per heavy atom. The summed E-state index contributed by atoms with van der Waals surface area (Å²) in [6.45, 7) is 5.70. The highest BCUT2D eigenvalue weighted by atomic mass is 35.5. The van der Waals surface area contributed by atoms with Crippen LogP contribution < -0.4 is 9.46 Å². The van der Waals surface area contributed by atoms with E-state index < -0.39 is 10.0 Å². The minimum Gasteiger partial charge on any atom is -0.491 e. The molecule has 6 heteroatoms. The molecular weight excluding hydrogens is 322 g/mol. The van der Waals surface area contributed by atoms with Gasteiger partial charge in [0.15, 0.2) is 0 Å². The lowest BCUT2D eigenvalue weighted by Crippen LogP contribution is -2.13. The molecule has 2 aromatic rings. The van der Waals surface area contributed by atoms with E-state index in [-0.39, 0.29) is 16.0 Å². The smallest absolute Gasteiger partial charge is 0.263 e.